The van der Waals surface area contributed by atoms with Crippen LogP contribution in [0.4, 0.5) is 0 Å². The minimum absolute atomic E-state index is 0.00320. The summed E-state index contributed by atoms with van der Waals surface area (Å²) in [7, 11) is 1.58. The van der Waals surface area contributed by atoms with Gasteiger partial charge in [-0.1, -0.05) is 11.8 Å². The zero-order valence-electron chi connectivity index (χ0n) is 11.7. The highest BCUT2D eigenvalue weighted by molar-refractivity contribution is 5.94. The van der Waals surface area contributed by atoms with Gasteiger partial charge in [0.1, 0.15) is 5.75 Å². The van der Waals surface area contributed by atoms with Gasteiger partial charge in [-0.15, -0.1) is 0 Å². The Bertz CT molecular complexity index is 497. The molecule has 0 radical (unpaired) electrons. The molecule has 1 amide bonds. The molecule has 0 bridgehead atoms. The monoisotopic (exact) mass is 260 g/mol. The Morgan fingerprint density at radius 1 is 1.37 bits per heavy atom. The standard InChI is InChI=1S/C15H20N2O2/c1-4-17(5-2)15(18)13-8-9-14(19-3)12(11-13)7-6-10-16/h8-9,11H,4-5,10,16H2,1-3H3. The van der Waals surface area contributed by atoms with Gasteiger partial charge >= 0.3 is 0 Å². The van der Waals surface area contributed by atoms with Crippen LogP contribution in [0.1, 0.15) is 29.8 Å². The van der Waals surface area contributed by atoms with Gasteiger partial charge in [-0.05, 0) is 32.0 Å². The third-order valence-corrected chi connectivity index (χ3v) is 2.82. The quantitative estimate of drug-likeness (QED) is 0.834. The van der Waals surface area contributed by atoms with Gasteiger partial charge in [0.15, 0.2) is 0 Å². The van der Waals surface area contributed by atoms with Gasteiger partial charge in [-0.2, -0.15) is 0 Å². The molecule has 1 aromatic carbocycles. The lowest BCUT2D eigenvalue weighted by atomic mass is 10.1. The number of benzene rings is 1. The van der Waals surface area contributed by atoms with Crippen molar-refractivity contribution in [3.63, 3.8) is 0 Å². The average molecular weight is 260 g/mol. The number of carbonyl (C=O) groups is 1. The number of hydrogen-bond acceptors (Lipinski definition) is 3. The fourth-order valence-corrected chi connectivity index (χ4v) is 1.78. The predicted molar refractivity (Wildman–Crippen MR) is 76.2 cm³/mol. The summed E-state index contributed by atoms with van der Waals surface area (Å²) in [4.78, 5) is 14.0. The molecule has 0 aliphatic carbocycles. The lowest BCUT2D eigenvalue weighted by Crippen LogP contribution is -2.30. The van der Waals surface area contributed by atoms with Crippen LogP contribution in [-0.4, -0.2) is 37.6 Å². The van der Waals surface area contributed by atoms with Crippen LogP contribution < -0.4 is 10.5 Å². The maximum absolute atomic E-state index is 12.2. The Kier molecular flexibility index (Phi) is 5.91. The minimum Gasteiger partial charge on any atom is -0.495 e. The van der Waals surface area contributed by atoms with Crippen molar-refractivity contribution >= 4 is 5.91 Å². The van der Waals surface area contributed by atoms with E-state index in [1.807, 2.05) is 13.8 Å². The fraction of sp³-hybridized carbons (Fsp3) is 0.400. The Morgan fingerprint density at radius 3 is 2.58 bits per heavy atom. The van der Waals surface area contributed by atoms with Crippen LogP contribution >= 0.6 is 0 Å². The zero-order chi connectivity index (χ0) is 14.3. The van der Waals surface area contributed by atoms with Crippen LogP contribution in [0.25, 0.3) is 0 Å². The highest BCUT2D eigenvalue weighted by Crippen LogP contribution is 2.19. The summed E-state index contributed by atoms with van der Waals surface area (Å²) in [5, 5.41) is 0. The second-order valence-electron chi connectivity index (χ2n) is 3.90. The van der Waals surface area contributed by atoms with E-state index >= 15 is 0 Å². The normalized spacial score (nSPS) is 9.47. The largest absolute Gasteiger partial charge is 0.495 e. The van der Waals surface area contributed by atoms with E-state index < -0.39 is 0 Å². The van der Waals surface area contributed by atoms with Gasteiger partial charge in [0.05, 0.1) is 19.2 Å². The topological polar surface area (TPSA) is 55.6 Å². The van der Waals surface area contributed by atoms with Crippen LogP contribution in [0.5, 0.6) is 5.75 Å². The zero-order valence-corrected chi connectivity index (χ0v) is 11.7. The van der Waals surface area contributed by atoms with Crippen molar-refractivity contribution in [2.45, 2.75) is 13.8 Å². The SMILES string of the molecule is CCN(CC)C(=O)c1ccc(OC)c(C#CCN)c1. The first-order valence-electron chi connectivity index (χ1n) is 6.34. The van der Waals surface area contributed by atoms with E-state index in [-0.39, 0.29) is 12.5 Å². The number of amides is 1. The van der Waals surface area contributed by atoms with Crippen molar-refractivity contribution in [3.05, 3.63) is 29.3 Å². The molecule has 0 heterocycles. The molecule has 0 aliphatic rings. The Morgan fingerprint density at radius 2 is 2.05 bits per heavy atom. The van der Waals surface area contributed by atoms with E-state index in [0.717, 1.165) is 0 Å². The first kappa shape index (κ1) is 15.1. The van der Waals surface area contributed by atoms with E-state index in [0.29, 0.717) is 30.0 Å². The number of rotatable bonds is 4. The van der Waals surface area contributed by atoms with Crippen molar-refractivity contribution in [1.82, 2.24) is 4.90 Å². The van der Waals surface area contributed by atoms with E-state index in [4.69, 9.17) is 10.5 Å². The maximum atomic E-state index is 12.2. The number of hydrogen-bond donors (Lipinski definition) is 1. The van der Waals surface area contributed by atoms with Crippen LogP contribution in [0.15, 0.2) is 18.2 Å². The van der Waals surface area contributed by atoms with Gasteiger partial charge in [0.2, 0.25) is 0 Å². The lowest BCUT2D eigenvalue weighted by Gasteiger charge is -2.19. The molecule has 4 nitrogen and oxygen atoms in total. The summed E-state index contributed by atoms with van der Waals surface area (Å²) in [6, 6.07) is 5.27. The van der Waals surface area contributed by atoms with Gasteiger partial charge in [0.25, 0.3) is 5.91 Å². The van der Waals surface area contributed by atoms with Crippen molar-refractivity contribution in [3.8, 4) is 17.6 Å². The van der Waals surface area contributed by atoms with E-state index in [2.05, 4.69) is 11.8 Å². The van der Waals surface area contributed by atoms with E-state index in [1.165, 1.54) is 0 Å². The fourth-order valence-electron chi connectivity index (χ4n) is 1.78. The number of methoxy groups -OCH3 is 1. The summed E-state index contributed by atoms with van der Waals surface area (Å²) in [6.07, 6.45) is 0. The smallest absolute Gasteiger partial charge is 0.253 e. The Hall–Kier alpha value is -1.99. The van der Waals surface area contributed by atoms with Gasteiger partial charge in [0, 0.05) is 18.7 Å². The molecule has 0 spiro atoms. The Labute approximate surface area is 114 Å². The molecule has 0 aromatic heterocycles. The summed E-state index contributed by atoms with van der Waals surface area (Å²) in [5.74, 6) is 6.35. The van der Waals surface area contributed by atoms with Crippen LogP contribution in [-0.2, 0) is 0 Å². The first-order valence-corrected chi connectivity index (χ1v) is 6.34. The third-order valence-electron chi connectivity index (χ3n) is 2.82. The molecule has 0 aliphatic heterocycles. The molecular weight excluding hydrogens is 240 g/mol. The van der Waals surface area contributed by atoms with Crippen molar-refractivity contribution in [2.24, 2.45) is 5.73 Å². The molecule has 102 valence electrons. The second-order valence-corrected chi connectivity index (χ2v) is 3.90. The highest BCUT2D eigenvalue weighted by Gasteiger charge is 2.14. The third kappa shape index (κ3) is 3.73. The number of nitrogens with two attached hydrogens (primary N) is 1. The summed E-state index contributed by atoms with van der Waals surface area (Å²) >= 11 is 0. The molecular formula is C15H20N2O2. The molecule has 4 heteroatoms. The molecule has 19 heavy (non-hydrogen) atoms. The van der Waals surface area contributed by atoms with Crippen LogP contribution in [0.3, 0.4) is 0 Å². The van der Waals surface area contributed by atoms with Crippen LogP contribution in [0, 0.1) is 11.8 Å². The van der Waals surface area contributed by atoms with Crippen molar-refractivity contribution < 1.29 is 9.53 Å². The molecule has 0 saturated carbocycles. The number of ether oxygens (including phenoxy) is 1. The second kappa shape index (κ2) is 7.45. The molecule has 2 N–H and O–H groups in total. The molecule has 0 saturated heterocycles. The van der Waals surface area contributed by atoms with Crippen molar-refractivity contribution in [1.29, 1.82) is 0 Å². The first-order chi connectivity index (χ1) is 9.17. The number of nitrogens with zero attached hydrogens (tertiary/aromatic N) is 1. The van der Waals surface area contributed by atoms with Crippen molar-refractivity contribution in [2.75, 3.05) is 26.7 Å². The summed E-state index contributed by atoms with van der Waals surface area (Å²) in [6.45, 7) is 5.56. The molecule has 1 rings (SSSR count). The predicted octanol–water partition coefficient (Wildman–Crippen LogP) is 1.49. The molecule has 1 aromatic rings. The van der Waals surface area contributed by atoms with Crippen LogP contribution in [0.2, 0.25) is 0 Å². The summed E-state index contributed by atoms with van der Waals surface area (Å²) < 4.78 is 5.22. The maximum Gasteiger partial charge on any atom is 0.253 e. The minimum atomic E-state index is 0.00320. The highest BCUT2D eigenvalue weighted by atomic mass is 16.5. The summed E-state index contributed by atoms with van der Waals surface area (Å²) in [5.41, 5.74) is 6.67. The van der Waals surface area contributed by atoms with Gasteiger partial charge in [-0.3, -0.25) is 4.79 Å². The van der Waals surface area contributed by atoms with E-state index in [9.17, 15) is 4.79 Å². The average Bonchev–Trinajstić information content (AvgIpc) is 2.45. The number of carbonyl (C=O) groups excluding carboxylic acids is 1. The Balaban J connectivity index is 3.13. The van der Waals surface area contributed by atoms with E-state index in [1.54, 1.807) is 30.2 Å². The molecule has 0 fully saturated rings. The molecule has 0 unspecified atom stereocenters. The van der Waals surface area contributed by atoms with Gasteiger partial charge < -0.3 is 15.4 Å². The lowest BCUT2D eigenvalue weighted by molar-refractivity contribution is 0.0773. The molecule has 0 atom stereocenters. The van der Waals surface area contributed by atoms with Gasteiger partial charge in [-0.25, -0.2) is 0 Å².